The minimum Gasteiger partial charge on any atom is -0.493 e. The van der Waals surface area contributed by atoms with Crippen molar-refractivity contribution < 1.29 is 4.74 Å². The third kappa shape index (κ3) is 3.74. The lowest BCUT2D eigenvalue weighted by Gasteiger charge is -2.15. The van der Waals surface area contributed by atoms with E-state index in [0.29, 0.717) is 5.92 Å². The second-order valence-corrected chi connectivity index (χ2v) is 5.48. The molecule has 100 valence electrons. The van der Waals surface area contributed by atoms with Gasteiger partial charge in [0, 0.05) is 6.04 Å². The first kappa shape index (κ1) is 13.4. The van der Waals surface area contributed by atoms with E-state index >= 15 is 0 Å². The average molecular weight is 247 g/mol. The Hall–Kier alpha value is -1.02. The first-order chi connectivity index (χ1) is 8.77. The van der Waals surface area contributed by atoms with Crippen molar-refractivity contribution in [3.63, 3.8) is 0 Å². The van der Waals surface area contributed by atoms with Crippen LogP contribution in [-0.2, 0) is 0 Å². The van der Waals surface area contributed by atoms with Crippen LogP contribution in [0, 0.1) is 0 Å². The van der Waals surface area contributed by atoms with Gasteiger partial charge in [0.05, 0.1) is 6.61 Å². The topological polar surface area (TPSA) is 21.3 Å². The van der Waals surface area contributed by atoms with E-state index < -0.39 is 0 Å². The van der Waals surface area contributed by atoms with E-state index in [-0.39, 0.29) is 0 Å². The largest absolute Gasteiger partial charge is 0.493 e. The maximum atomic E-state index is 5.93. The van der Waals surface area contributed by atoms with Gasteiger partial charge in [0.15, 0.2) is 0 Å². The molecule has 1 aromatic rings. The first-order valence-corrected chi connectivity index (χ1v) is 7.22. The Kier molecular flexibility index (Phi) is 5.06. The molecular formula is C16H25NO. The predicted octanol–water partition coefficient (Wildman–Crippen LogP) is 3.72. The summed E-state index contributed by atoms with van der Waals surface area (Å²) >= 11 is 0. The van der Waals surface area contributed by atoms with E-state index in [1.165, 1.54) is 31.4 Å². The van der Waals surface area contributed by atoms with Gasteiger partial charge in [0.25, 0.3) is 0 Å². The molecule has 1 aliphatic rings. The van der Waals surface area contributed by atoms with Crippen molar-refractivity contribution >= 4 is 0 Å². The number of para-hydroxylation sites is 1. The zero-order valence-corrected chi connectivity index (χ0v) is 11.6. The van der Waals surface area contributed by atoms with Gasteiger partial charge in [-0.1, -0.05) is 32.0 Å². The summed E-state index contributed by atoms with van der Waals surface area (Å²) in [5.74, 6) is 1.59. The maximum absolute atomic E-state index is 5.93. The number of benzene rings is 1. The molecule has 0 aromatic heterocycles. The third-order valence-electron chi connectivity index (χ3n) is 3.66. The smallest absolute Gasteiger partial charge is 0.122 e. The van der Waals surface area contributed by atoms with Crippen LogP contribution < -0.4 is 10.1 Å². The van der Waals surface area contributed by atoms with Gasteiger partial charge in [-0.3, -0.25) is 0 Å². The van der Waals surface area contributed by atoms with Gasteiger partial charge < -0.3 is 10.1 Å². The Bertz CT molecular complexity index is 356. The molecule has 1 aliphatic heterocycles. The zero-order valence-electron chi connectivity index (χ0n) is 11.6. The van der Waals surface area contributed by atoms with Gasteiger partial charge in [0.1, 0.15) is 5.75 Å². The monoisotopic (exact) mass is 247 g/mol. The Balaban J connectivity index is 1.75. The molecule has 0 aliphatic carbocycles. The summed E-state index contributed by atoms with van der Waals surface area (Å²) in [4.78, 5) is 0. The highest BCUT2D eigenvalue weighted by molar-refractivity contribution is 5.35. The molecule has 2 nitrogen and oxygen atoms in total. The molecular weight excluding hydrogens is 222 g/mol. The quantitative estimate of drug-likeness (QED) is 0.774. The molecule has 1 saturated heterocycles. The van der Waals surface area contributed by atoms with Gasteiger partial charge in [-0.25, -0.2) is 0 Å². The first-order valence-electron chi connectivity index (χ1n) is 7.22. The minimum absolute atomic E-state index is 0.526. The molecule has 1 heterocycles. The predicted molar refractivity (Wildman–Crippen MR) is 76.3 cm³/mol. The van der Waals surface area contributed by atoms with Gasteiger partial charge in [0.2, 0.25) is 0 Å². The fourth-order valence-electron chi connectivity index (χ4n) is 2.60. The molecule has 1 N–H and O–H groups in total. The van der Waals surface area contributed by atoms with Gasteiger partial charge in [-0.2, -0.15) is 0 Å². The van der Waals surface area contributed by atoms with E-state index in [2.05, 4.69) is 43.4 Å². The van der Waals surface area contributed by atoms with Crippen LogP contribution in [-0.4, -0.2) is 19.2 Å². The number of rotatable bonds is 6. The molecule has 2 heteroatoms. The van der Waals surface area contributed by atoms with Crippen molar-refractivity contribution in [3.05, 3.63) is 29.8 Å². The highest BCUT2D eigenvalue weighted by Crippen LogP contribution is 2.26. The zero-order chi connectivity index (χ0) is 12.8. The summed E-state index contributed by atoms with van der Waals surface area (Å²) in [6, 6.07) is 9.13. The van der Waals surface area contributed by atoms with Crippen molar-refractivity contribution in [2.75, 3.05) is 13.2 Å². The molecule has 0 amide bonds. The van der Waals surface area contributed by atoms with E-state index in [1.807, 2.05) is 0 Å². The molecule has 1 unspecified atom stereocenters. The van der Waals surface area contributed by atoms with E-state index in [1.54, 1.807) is 0 Å². The summed E-state index contributed by atoms with van der Waals surface area (Å²) in [5.41, 5.74) is 1.32. The number of ether oxygens (including phenoxy) is 1. The van der Waals surface area contributed by atoms with E-state index in [9.17, 15) is 0 Å². The Labute approximate surface area is 111 Å². The second-order valence-electron chi connectivity index (χ2n) is 5.48. The second kappa shape index (κ2) is 6.79. The van der Waals surface area contributed by atoms with Crippen molar-refractivity contribution in [2.24, 2.45) is 0 Å². The van der Waals surface area contributed by atoms with E-state index in [0.717, 1.165) is 24.8 Å². The van der Waals surface area contributed by atoms with Crippen LogP contribution in [0.4, 0.5) is 0 Å². The maximum Gasteiger partial charge on any atom is 0.122 e. The lowest BCUT2D eigenvalue weighted by molar-refractivity contribution is 0.295. The SMILES string of the molecule is CC(C)c1ccccc1OCCCC1CCCN1. The van der Waals surface area contributed by atoms with Crippen LogP contribution in [0.5, 0.6) is 5.75 Å². The summed E-state index contributed by atoms with van der Waals surface area (Å²) < 4.78 is 5.93. The molecule has 1 fully saturated rings. The standard InChI is InChI=1S/C16H25NO/c1-13(2)15-9-3-4-10-16(15)18-12-6-8-14-7-5-11-17-14/h3-4,9-10,13-14,17H,5-8,11-12H2,1-2H3. The molecule has 0 bridgehead atoms. The molecule has 0 radical (unpaired) electrons. The Morgan fingerprint density at radius 1 is 1.33 bits per heavy atom. The van der Waals surface area contributed by atoms with Gasteiger partial charge in [-0.05, 0) is 49.8 Å². The van der Waals surface area contributed by atoms with Crippen molar-refractivity contribution in [2.45, 2.75) is 51.5 Å². The van der Waals surface area contributed by atoms with Crippen LogP contribution in [0.1, 0.15) is 51.0 Å². The van der Waals surface area contributed by atoms with Crippen LogP contribution in [0.15, 0.2) is 24.3 Å². The molecule has 0 spiro atoms. The van der Waals surface area contributed by atoms with Crippen molar-refractivity contribution in [3.8, 4) is 5.75 Å². The highest BCUT2D eigenvalue weighted by Gasteiger charge is 2.13. The Morgan fingerprint density at radius 2 is 2.17 bits per heavy atom. The number of hydrogen-bond acceptors (Lipinski definition) is 2. The fourth-order valence-corrected chi connectivity index (χ4v) is 2.60. The molecule has 0 saturated carbocycles. The molecule has 1 atom stereocenters. The van der Waals surface area contributed by atoms with Crippen LogP contribution in [0.25, 0.3) is 0 Å². The lowest BCUT2D eigenvalue weighted by Crippen LogP contribution is -2.21. The highest BCUT2D eigenvalue weighted by atomic mass is 16.5. The normalized spacial score (nSPS) is 19.4. The summed E-state index contributed by atoms with van der Waals surface area (Å²) in [6.45, 7) is 6.46. The lowest BCUT2D eigenvalue weighted by atomic mass is 10.0. The van der Waals surface area contributed by atoms with Crippen molar-refractivity contribution in [1.82, 2.24) is 5.32 Å². The van der Waals surface area contributed by atoms with Crippen LogP contribution in [0.2, 0.25) is 0 Å². The summed E-state index contributed by atoms with van der Waals surface area (Å²) in [7, 11) is 0. The Morgan fingerprint density at radius 3 is 2.89 bits per heavy atom. The minimum atomic E-state index is 0.526. The summed E-state index contributed by atoms with van der Waals surface area (Å²) in [6.07, 6.45) is 5.05. The average Bonchev–Trinajstić information content (AvgIpc) is 2.88. The van der Waals surface area contributed by atoms with Gasteiger partial charge in [-0.15, -0.1) is 0 Å². The number of nitrogens with one attached hydrogen (secondary N) is 1. The third-order valence-corrected chi connectivity index (χ3v) is 3.66. The van der Waals surface area contributed by atoms with Crippen LogP contribution in [0.3, 0.4) is 0 Å². The molecule has 1 aromatic carbocycles. The van der Waals surface area contributed by atoms with Crippen molar-refractivity contribution in [1.29, 1.82) is 0 Å². The number of hydrogen-bond donors (Lipinski definition) is 1. The van der Waals surface area contributed by atoms with Crippen LogP contribution >= 0.6 is 0 Å². The summed E-state index contributed by atoms with van der Waals surface area (Å²) in [5, 5.41) is 3.53. The molecule has 2 rings (SSSR count). The van der Waals surface area contributed by atoms with E-state index in [4.69, 9.17) is 4.74 Å². The molecule has 18 heavy (non-hydrogen) atoms. The van der Waals surface area contributed by atoms with Gasteiger partial charge >= 0.3 is 0 Å². The fraction of sp³-hybridized carbons (Fsp3) is 0.625.